The standard InChI is InChI=1S/C19H18ClN7O/c1-13(17-24-19(28-25-17)14-3-2-4-15(20)11-14)26-7-9-27(10-8-26)18-16(12-21)22-5-6-23-18/h2-6,11,13H,7-10H2,1H3. The molecule has 8 nitrogen and oxygen atoms in total. The molecule has 0 aliphatic carbocycles. The van der Waals surface area contributed by atoms with Crippen molar-refractivity contribution in [3.8, 4) is 17.5 Å². The molecule has 9 heteroatoms. The highest BCUT2D eigenvalue weighted by atomic mass is 35.5. The number of piperazine rings is 1. The van der Waals surface area contributed by atoms with E-state index in [4.69, 9.17) is 16.1 Å². The zero-order valence-electron chi connectivity index (χ0n) is 15.3. The third kappa shape index (κ3) is 3.67. The first-order valence-corrected chi connectivity index (χ1v) is 9.33. The SMILES string of the molecule is CC(c1noc(-c2cccc(Cl)c2)n1)N1CCN(c2nccnc2C#N)CC1. The minimum atomic E-state index is 0.0103. The minimum absolute atomic E-state index is 0.0103. The summed E-state index contributed by atoms with van der Waals surface area (Å²) < 4.78 is 5.43. The Labute approximate surface area is 167 Å². The largest absolute Gasteiger partial charge is 0.352 e. The van der Waals surface area contributed by atoms with Gasteiger partial charge in [0.05, 0.1) is 6.04 Å². The summed E-state index contributed by atoms with van der Waals surface area (Å²) in [6.07, 6.45) is 3.15. The van der Waals surface area contributed by atoms with Crippen molar-refractivity contribution in [1.29, 1.82) is 5.26 Å². The van der Waals surface area contributed by atoms with Crippen LogP contribution in [0, 0.1) is 11.3 Å². The van der Waals surface area contributed by atoms with Gasteiger partial charge in [-0.05, 0) is 25.1 Å². The van der Waals surface area contributed by atoms with Gasteiger partial charge in [0.25, 0.3) is 5.89 Å². The van der Waals surface area contributed by atoms with Crippen molar-refractivity contribution in [2.45, 2.75) is 13.0 Å². The van der Waals surface area contributed by atoms with Crippen molar-refractivity contribution in [2.75, 3.05) is 31.1 Å². The van der Waals surface area contributed by atoms with Crippen LogP contribution in [0.15, 0.2) is 41.2 Å². The monoisotopic (exact) mass is 395 g/mol. The third-order valence-electron chi connectivity index (χ3n) is 4.83. The molecule has 3 aromatic rings. The fraction of sp³-hybridized carbons (Fsp3) is 0.316. The van der Waals surface area contributed by atoms with Gasteiger partial charge in [-0.3, -0.25) is 4.90 Å². The Morgan fingerprint density at radius 1 is 1.18 bits per heavy atom. The van der Waals surface area contributed by atoms with Gasteiger partial charge in [0.1, 0.15) is 6.07 Å². The summed E-state index contributed by atoms with van der Waals surface area (Å²) in [7, 11) is 0. The Morgan fingerprint density at radius 3 is 2.71 bits per heavy atom. The van der Waals surface area contributed by atoms with E-state index in [9.17, 15) is 5.26 Å². The number of benzene rings is 1. The molecule has 0 N–H and O–H groups in total. The van der Waals surface area contributed by atoms with E-state index in [0.717, 1.165) is 31.7 Å². The van der Waals surface area contributed by atoms with Gasteiger partial charge >= 0.3 is 0 Å². The van der Waals surface area contributed by atoms with E-state index in [1.54, 1.807) is 18.3 Å². The lowest BCUT2D eigenvalue weighted by Gasteiger charge is -2.37. The zero-order valence-corrected chi connectivity index (χ0v) is 16.0. The number of halogens is 1. The number of hydrogen-bond donors (Lipinski definition) is 0. The highest BCUT2D eigenvalue weighted by Gasteiger charge is 2.27. The van der Waals surface area contributed by atoms with E-state index in [-0.39, 0.29) is 6.04 Å². The van der Waals surface area contributed by atoms with Gasteiger partial charge in [-0.25, -0.2) is 9.97 Å². The summed E-state index contributed by atoms with van der Waals surface area (Å²) in [6, 6.07) is 9.46. The summed E-state index contributed by atoms with van der Waals surface area (Å²) in [4.78, 5) is 17.3. The Hall–Kier alpha value is -3.02. The van der Waals surface area contributed by atoms with Crippen LogP contribution in [0.4, 0.5) is 5.82 Å². The van der Waals surface area contributed by atoms with Crippen LogP contribution in [0.2, 0.25) is 5.02 Å². The van der Waals surface area contributed by atoms with Gasteiger partial charge < -0.3 is 9.42 Å². The Bertz CT molecular complexity index is 1010. The second kappa shape index (κ2) is 7.92. The number of nitrogens with zero attached hydrogens (tertiary/aromatic N) is 7. The molecule has 0 radical (unpaired) electrons. The molecule has 1 aliphatic rings. The quantitative estimate of drug-likeness (QED) is 0.665. The Balaban J connectivity index is 1.43. The number of anilines is 1. The molecule has 1 aliphatic heterocycles. The third-order valence-corrected chi connectivity index (χ3v) is 5.07. The molecule has 1 saturated heterocycles. The van der Waals surface area contributed by atoms with Crippen LogP contribution in [0.1, 0.15) is 24.5 Å². The van der Waals surface area contributed by atoms with Gasteiger partial charge in [-0.15, -0.1) is 0 Å². The molecule has 0 amide bonds. The smallest absolute Gasteiger partial charge is 0.258 e. The van der Waals surface area contributed by atoms with Crippen LogP contribution < -0.4 is 4.90 Å². The molecule has 1 unspecified atom stereocenters. The highest BCUT2D eigenvalue weighted by molar-refractivity contribution is 6.30. The lowest BCUT2D eigenvalue weighted by atomic mass is 10.2. The fourth-order valence-electron chi connectivity index (χ4n) is 3.27. The summed E-state index contributed by atoms with van der Waals surface area (Å²) >= 11 is 6.04. The van der Waals surface area contributed by atoms with Crippen molar-refractivity contribution in [1.82, 2.24) is 25.0 Å². The molecule has 28 heavy (non-hydrogen) atoms. The molecule has 0 saturated carbocycles. The predicted octanol–water partition coefficient (Wildman–Crippen LogP) is 2.93. The van der Waals surface area contributed by atoms with E-state index in [0.29, 0.717) is 28.2 Å². The van der Waals surface area contributed by atoms with Crippen LogP contribution in [-0.4, -0.2) is 51.2 Å². The Morgan fingerprint density at radius 2 is 1.96 bits per heavy atom. The lowest BCUT2D eigenvalue weighted by molar-refractivity contribution is 0.188. The molecule has 4 rings (SSSR count). The van der Waals surface area contributed by atoms with Crippen molar-refractivity contribution >= 4 is 17.4 Å². The molecule has 1 atom stereocenters. The predicted molar refractivity (Wildman–Crippen MR) is 104 cm³/mol. The second-order valence-electron chi connectivity index (χ2n) is 6.51. The summed E-state index contributed by atoms with van der Waals surface area (Å²) in [5.74, 6) is 1.74. The molecule has 1 aromatic carbocycles. The Kier molecular flexibility index (Phi) is 5.19. The summed E-state index contributed by atoms with van der Waals surface area (Å²) in [5, 5.41) is 14.0. The first-order chi connectivity index (χ1) is 13.7. The molecular formula is C19H18ClN7O. The lowest BCUT2D eigenvalue weighted by Crippen LogP contribution is -2.47. The number of aromatic nitrogens is 4. The average Bonchev–Trinajstić information content (AvgIpc) is 3.24. The average molecular weight is 396 g/mol. The molecule has 2 aromatic heterocycles. The van der Waals surface area contributed by atoms with Crippen molar-refractivity contribution < 1.29 is 4.52 Å². The van der Waals surface area contributed by atoms with Crippen LogP contribution in [-0.2, 0) is 0 Å². The van der Waals surface area contributed by atoms with Crippen LogP contribution in [0.25, 0.3) is 11.5 Å². The molecular weight excluding hydrogens is 378 g/mol. The van der Waals surface area contributed by atoms with Crippen LogP contribution >= 0.6 is 11.6 Å². The van der Waals surface area contributed by atoms with E-state index >= 15 is 0 Å². The summed E-state index contributed by atoms with van der Waals surface area (Å²) in [5.41, 5.74) is 1.16. The minimum Gasteiger partial charge on any atom is -0.352 e. The molecule has 0 bridgehead atoms. The maximum absolute atomic E-state index is 9.23. The first-order valence-electron chi connectivity index (χ1n) is 8.95. The topological polar surface area (TPSA) is 95.0 Å². The van der Waals surface area contributed by atoms with Crippen LogP contribution in [0.3, 0.4) is 0 Å². The van der Waals surface area contributed by atoms with Crippen LogP contribution in [0.5, 0.6) is 0 Å². The van der Waals surface area contributed by atoms with E-state index < -0.39 is 0 Å². The maximum atomic E-state index is 9.23. The van der Waals surface area contributed by atoms with Crippen molar-refractivity contribution in [3.63, 3.8) is 0 Å². The molecule has 0 spiro atoms. The summed E-state index contributed by atoms with van der Waals surface area (Å²) in [6.45, 7) is 5.14. The van der Waals surface area contributed by atoms with E-state index in [1.165, 1.54) is 6.20 Å². The van der Waals surface area contributed by atoms with Gasteiger partial charge in [0.2, 0.25) is 0 Å². The number of rotatable bonds is 4. The fourth-order valence-corrected chi connectivity index (χ4v) is 3.46. The highest BCUT2D eigenvalue weighted by Crippen LogP contribution is 2.26. The molecule has 1 fully saturated rings. The second-order valence-corrected chi connectivity index (χ2v) is 6.94. The van der Waals surface area contributed by atoms with Crippen molar-refractivity contribution in [3.05, 3.63) is 53.2 Å². The van der Waals surface area contributed by atoms with E-state index in [1.807, 2.05) is 12.1 Å². The van der Waals surface area contributed by atoms with E-state index in [2.05, 4.69) is 42.9 Å². The van der Waals surface area contributed by atoms with Gasteiger partial charge in [-0.2, -0.15) is 10.2 Å². The van der Waals surface area contributed by atoms with Gasteiger partial charge in [0.15, 0.2) is 17.3 Å². The van der Waals surface area contributed by atoms with Gasteiger partial charge in [-0.1, -0.05) is 22.8 Å². The van der Waals surface area contributed by atoms with Crippen molar-refractivity contribution in [2.24, 2.45) is 0 Å². The van der Waals surface area contributed by atoms with Gasteiger partial charge in [0, 0.05) is 49.2 Å². The normalized spacial score (nSPS) is 16.0. The molecule has 3 heterocycles. The number of nitriles is 1. The number of hydrogen-bond acceptors (Lipinski definition) is 8. The first kappa shape index (κ1) is 18.3. The maximum Gasteiger partial charge on any atom is 0.258 e. The zero-order chi connectivity index (χ0) is 19.5. The molecule has 142 valence electrons.